The fraction of sp³-hybridized carbons (Fsp3) is 0.0455. The highest BCUT2D eigenvalue weighted by Gasteiger charge is 2.23. The number of rotatable bonds is 2. The molecular weight excluding hydrogens is 323 g/mol. The van der Waals surface area contributed by atoms with Gasteiger partial charge in [0.2, 0.25) is 0 Å². The Balaban J connectivity index is 2.16. The van der Waals surface area contributed by atoms with E-state index in [0.29, 0.717) is 22.5 Å². The zero-order chi connectivity index (χ0) is 18.3. The summed E-state index contributed by atoms with van der Waals surface area (Å²) in [6.45, 7) is 1.96. The molecule has 0 spiro atoms. The molecule has 2 radical (unpaired) electrons. The number of carboxylic acids is 1. The zero-order valence-electron chi connectivity index (χ0n) is 14.2. The van der Waals surface area contributed by atoms with Crippen LogP contribution in [-0.4, -0.2) is 18.9 Å². The summed E-state index contributed by atoms with van der Waals surface area (Å²) in [7, 11) is 5.93. The van der Waals surface area contributed by atoms with Crippen LogP contribution in [0.3, 0.4) is 0 Å². The maximum Gasteiger partial charge on any atom is 0.336 e. The zero-order valence-corrected chi connectivity index (χ0v) is 14.2. The van der Waals surface area contributed by atoms with E-state index < -0.39 is 5.97 Å². The summed E-state index contributed by atoms with van der Waals surface area (Å²) in [4.78, 5) is 11.8. The van der Waals surface area contributed by atoms with Crippen molar-refractivity contribution in [3.05, 3.63) is 87.8 Å². The highest BCUT2D eigenvalue weighted by atomic mass is 16.5. The highest BCUT2D eigenvalue weighted by Crippen LogP contribution is 2.36. The predicted molar refractivity (Wildman–Crippen MR) is 103 cm³/mol. The van der Waals surface area contributed by atoms with Crippen LogP contribution in [-0.2, 0) is 0 Å². The second-order valence-corrected chi connectivity index (χ2v) is 6.13. The van der Waals surface area contributed by atoms with Crippen LogP contribution in [0.1, 0.15) is 28.4 Å². The van der Waals surface area contributed by atoms with Crippen molar-refractivity contribution in [1.82, 2.24) is 0 Å². The van der Waals surface area contributed by atoms with Gasteiger partial charge in [-0.1, -0.05) is 47.9 Å². The molecule has 1 heterocycles. The summed E-state index contributed by atoms with van der Waals surface area (Å²) in [5, 5.41) is 11.5. The minimum Gasteiger partial charge on any atom is -0.478 e. The van der Waals surface area contributed by atoms with Gasteiger partial charge in [0, 0.05) is 16.4 Å². The van der Waals surface area contributed by atoms with Crippen LogP contribution in [0.4, 0.5) is 0 Å². The number of ether oxygens (including phenoxy) is 1. The monoisotopic (exact) mass is 338 g/mol. The van der Waals surface area contributed by atoms with Crippen LogP contribution in [0.25, 0.3) is 11.6 Å². The molecule has 0 fully saturated rings. The van der Waals surface area contributed by atoms with Gasteiger partial charge in [-0.3, -0.25) is 0 Å². The smallest absolute Gasteiger partial charge is 0.336 e. The van der Waals surface area contributed by atoms with Gasteiger partial charge >= 0.3 is 5.97 Å². The lowest BCUT2D eigenvalue weighted by Crippen LogP contribution is -2.21. The molecular formula is C22H15BO3. The third-order valence-electron chi connectivity index (χ3n) is 4.53. The molecule has 0 aliphatic carbocycles. The van der Waals surface area contributed by atoms with E-state index in [0.717, 1.165) is 21.6 Å². The van der Waals surface area contributed by atoms with Gasteiger partial charge in [-0.05, 0) is 42.0 Å². The number of carbonyl (C=O) groups is 1. The first-order valence-corrected chi connectivity index (χ1v) is 8.29. The molecule has 3 aromatic rings. The number of carboxylic acid groups (broad SMARTS) is 1. The Labute approximate surface area is 152 Å². The van der Waals surface area contributed by atoms with E-state index >= 15 is 0 Å². The van der Waals surface area contributed by atoms with Gasteiger partial charge in [-0.15, -0.1) is 0 Å². The normalized spacial score (nSPS) is 13.0. The molecule has 124 valence electrons. The molecule has 0 unspecified atom stereocenters. The lowest BCUT2D eigenvalue weighted by molar-refractivity contribution is 0.0696. The average Bonchev–Trinajstić information content (AvgIpc) is 2.65. The molecule has 0 saturated heterocycles. The molecule has 0 saturated carbocycles. The van der Waals surface area contributed by atoms with Gasteiger partial charge in [0.25, 0.3) is 0 Å². The van der Waals surface area contributed by atoms with Crippen molar-refractivity contribution in [2.75, 3.05) is 0 Å². The minimum atomic E-state index is -0.961. The van der Waals surface area contributed by atoms with Gasteiger partial charge in [0.1, 0.15) is 19.3 Å². The number of aromatic carboxylic acids is 1. The van der Waals surface area contributed by atoms with Crippen molar-refractivity contribution in [2.45, 2.75) is 6.92 Å². The van der Waals surface area contributed by atoms with E-state index in [4.69, 9.17) is 12.6 Å². The van der Waals surface area contributed by atoms with Crippen molar-refractivity contribution in [1.29, 1.82) is 0 Å². The standard InChI is InChI=1S/C22H15BO3/c1-2-13-7-9-17-19(11-13)26-20-12-14(23)8-10-18(20)21(17)15-5-3-4-6-16(15)22(24)25/h2-12H,1H3,(H,24,25). The van der Waals surface area contributed by atoms with Crippen LogP contribution in [0.5, 0.6) is 11.5 Å². The third kappa shape index (κ3) is 2.60. The van der Waals surface area contributed by atoms with Crippen molar-refractivity contribution >= 4 is 30.9 Å². The molecule has 1 aliphatic heterocycles. The summed E-state index contributed by atoms with van der Waals surface area (Å²) in [6, 6.07) is 18.4. The maximum atomic E-state index is 11.8. The van der Waals surface area contributed by atoms with Gasteiger partial charge in [-0.25, -0.2) is 4.79 Å². The number of fused-ring (bicyclic) bond motifs is 2. The van der Waals surface area contributed by atoms with Gasteiger partial charge in [-0.2, -0.15) is 0 Å². The second kappa shape index (κ2) is 6.23. The Morgan fingerprint density at radius 2 is 1.81 bits per heavy atom. The Kier molecular flexibility index (Phi) is 3.88. The number of hydrogen-bond donors (Lipinski definition) is 1. The Hall–Kier alpha value is -3.27. The topological polar surface area (TPSA) is 46.5 Å². The molecule has 0 atom stereocenters. The molecule has 26 heavy (non-hydrogen) atoms. The van der Waals surface area contributed by atoms with E-state index in [-0.39, 0.29) is 5.56 Å². The number of hydrogen-bond acceptors (Lipinski definition) is 2. The van der Waals surface area contributed by atoms with Crippen LogP contribution in [0.15, 0.2) is 60.7 Å². The number of benzene rings is 3. The maximum absolute atomic E-state index is 11.8. The van der Waals surface area contributed by atoms with Crippen molar-refractivity contribution in [3.8, 4) is 11.5 Å². The lowest BCUT2D eigenvalue weighted by atomic mass is 9.87. The second-order valence-electron chi connectivity index (χ2n) is 6.13. The van der Waals surface area contributed by atoms with Crippen molar-refractivity contribution in [2.24, 2.45) is 0 Å². The van der Waals surface area contributed by atoms with E-state index in [2.05, 4.69) is 0 Å². The van der Waals surface area contributed by atoms with Crippen molar-refractivity contribution in [3.63, 3.8) is 0 Å². The Morgan fingerprint density at radius 3 is 2.58 bits per heavy atom. The van der Waals surface area contributed by atoms with Crippen LogP contribution in [0.2, 0.25) is 0 Å². The molecule has 0 aromatic heterocycles. The van der Waals surface area contributed by atoms with E-state index in [1.165, 1.54) is 0 Å². The largest absolute Gasteiger partial charge is 0.478 e. The molecule has 4 heteroatoms. The molecule has 1 aliphatic rings. The minimum absolute atomic E-state index is 0.254. The first-order valence-electron chi connectivity index (χ1n) is 8.29. The molecule has 0 amide bonds. The van der Waals surface area contributed by atoms with Crippen LogP contribution >= 0.6 is 0 Å². The molecule has 4 rings (SSSR count). The summed E-state index contributed by atoms with van der Waals surface area (Å²) in [5.74, 6) is 0.353. The van der Waals surface area contributed by atoms with E-state index in [1.54, 1.807) is 24.3 Å². The molecule has 3 nitrogen and oxygen atoms in total. The molecule has 1 N–H and O–H groups in total. The predicted octanol–water partition coefficient (Wildman–Crippen LogP) is 2.33. The Bertz CT molecular complexity index is 1160. The van der Waals surface area contributed by atoms with Crippen LogP contribution < -0.4 is 20.6 Å². The summed E-state index contributed by atoms with van der Waals surface area (Å²) < 4.78 is 6.08. The molecule has 3 aromatic carbocycles. The first-order chi connectivity index (χ1) is 12.6. The fourth-order valence-corrected chi connectivity index (χ4v) is 3.28. The molecule has 0 bridgehead atoms. The van der Waals surface area contributed by atoms with Gasteiger partial charge in [0.05, 0.1) is 5.56 Å². The summed E-state index contributed by atoms with van der Waals surface area (Å²) >= 11 is 0. The van der Waals surface area contributed by atoms with Crippen molar-refractivity contribution < 1.29 is 14.6 Å². The third-order valence-corrected chi connectivity index (χ3v) is 4.53. The fourth-order valence-electron chi connectivity index (χ4n) is 3.28. The van der Waals surface area contributed by atoms with Crippen LogP contribution in [0, 0.1) is 0 Å². The van der Waals surface area contributed by atoms with E-state index in [9.17, 15) is 9.90 Å². The first kappa shape index (κ1) is 16.2. The highest BCUT2D eigenvalue weighted by molar-refractivity contribution is 6.32. The summed E-state index contributed by atoms with van der Waals surface area (Å²) in [6.07, 6.45) is 1.99. The van der Waals surface area contributed by atoms with Gasteiger partial charge in [0.15, 0.2) is 0 Å². The lowest BCUT2D eigenvalue weighted by Gasteiger charge is -2.22. The average molecular weight is 338 g/mol. The SMILES string of the molecule is [B]c1ccc2c(c1)Oc1cc(=CC)ccc1=C2c1ccccc1C(=O)O. The van der Waals surface area contributed by atoms with Gasteiger partial charge < -0.3 is 9.84 Å². The Morgan fingerprint density at radius 1 is 1.00 bits per heavy atom. The quantitative estimate of drug-likeness (QED) is 0.571. The summed E-state index contributed by atoms with van der Waals surface area (Å²) in [5.41, 5.74) is 3.17. The van der Waals surface area contributed by atoms with E-state index in [1.807, 2.05) is 49.4 Å².